The summed E-state index contributed by atoms with van der Waals surface area (Å²) in [6, 6.07) is 22.7. The van der Waals surface area contributed by atoms with Crippen molar-refractivity contribution < 1.29 is 13.5 Å². The van der Waals surface area contributed by atoms with Crippen molar-refractivity contribution in [2.75, 3.05) is 24.5 Å². The summed E-state index contributed by atoms with van der Waals surface area (Å²) < 4.78 is 28.7. The number of rotatable bonds is 8. The summed E-state index contributed by atoms with van der Waals surface area (Å²) in [5.74, 6) is 0.381. The van der Waals surface area contributed by atoms with Crippen LogP contribution in [0.15, 0.2) is 82.7 Å². The van der Waals surface area contributed by atoms with E-state index in [0.29, 0.717) is 34.6 Å². The van der Waals surface area contributed by atoms with Crippen LogP contribution in [0.1, 0.15) is 43.2 Å². The van der Waals surface area contributed by atoms with Gasteiger partial charge in [0, 0.05) is 41.8 Å². The Morgan fingerprint density at radius 2 is 1.71 bits per heavy atom. The number of aliphatic imine (C=N–C) groups is 1. The van der Waals surface area contributed by atoms with E-state index in [4.69, 9.17) is 4.99 Å². The van der Waals surface area contributed by atoms with Gasteiger partial charge < -0.3 is 15.0 Å². The van der Waals surface area contributed by atoms with Crippen molar-refractivity contribution in [1.82, 2.24) is 9.71 Å². The van der Waals surface area contributed by atoms with Crippen LogP contribution in [-0.2, 0) is 10.0 Å². The minimum absolute atomic E-state index is 0.0481. The van der Waals surface area contributed by atoms with Crippen LogP contribution in [-0.4, -0.2) is 43.9 Å². The first-order chi connectivity index (χ1) is 18.5. The van der Waals surface area contributed by atoms with E-state index in [9.17, 15) is 13.5 Å². The largest absolute Gasteiger partial charge is 0.494 e. The normalized spacial score (nSPS) is 16.7. The molecule has 1 saturated carbocycles. The molecule has 3 N–H and O–H groups in total. The van der Waals surface area contributed by atoms with Gasteiger partial charge in [0.25, 0.3) is 0 Å². The van der Waals surface area contributed by atoms with E-state index < -0.39 is 10.0 Å². The molecule has 1 aliphatic heterocycles. The lowest BCUT2D eigenvalue weighted by Crippen LogP contribution is -2.29. The number of H-pyrrole nitrogens is 1. The van der Waals surface area contributed by atoms with Crippen LogP contribution < -0.4 is 9.62 Å². The molecule has 3 aromatic carbocycles. The summed E-state index contributed by atoms with van der Waals surface area (Å²) in [6.45, 7) is 2.60. The molecule has 1 aliphatic carbocycles. The molecule has 1 saturated heterocycles. The number of nitrogens with zero attached hydrogens (tertiary/aromatic N) is 2. The van der Waals surface area contributed by atoms with E-state index in [1.807, 2.05) is 42.5 Å². The molecular formula is C30H32N4O3S. The molecule has 7 nitrogen and oxygen atoms in total. The quantitative estimate of drug-likeness (QED) is 0.255. The number of fused-ring (bicyclic) bond motifs is 1. The summed E-state index contributed by atoms with van der Waals surface area (Å²) >= 11 is 0. The van der Waals surface area contributed by atoms with Gasteiger partial charge in [-0.25, -0.2) is 18.1 Å². The summed E-state index contributed by atoms with van der Waals surface area (Å²) in [5, 5.41) is 11.6. The molecule has 2 fully saturated rings. The molecule has 0 spiro atoms. The van der Waals surface area contributed by atoms with Crippen molar-refractivity contribution >= 4 is 38.0 Å². The third kappa shape index (κ3) is 5.19. The monoisotopic (exact) mass is 528 g/mol. The van der Waals surface area contributed by atoms with Crippen LogP contribution >= 0.6 is 0 Å². The van der Waals surface area contributed by atoms with Gasteiger partial charge in [0.2, 0.25) is 10.0 Å². The van der Waals surface area contributed by atoms with E-state index >= 15 is 0 Å². The minimum Gasteiger partial charge on any atom is -0.494 e. The van der Waals surface area contributed by atoms with Crippen molar-refractivity contribution in [3.05, 3.63) is 83.9 Å². The number of hydrogen-bond acceptors (Lipinski definition) is 5. The van der Waals surface area contributed by atoms with E-state index in [1.54, 1.807) is 18.2 Å². The van der Waals surface area contributed by atoms with Gasteiger partial charge in [-0.15, -0.1) is 0 Å². The van der Waals surface area contributed by atoms with Gasteiger partial charge in [-0.2, -0.15) is 0 Å². The molecule has 38 heavy (non-hydrogen) atoms. The molecule has 0 amide bonds. The Morgan fingerprint density at radius 1 is 0.974 bits per heavy atom. The third-order valence-corrected chi connectivity index (χ3v) is 8.84. The van der Waals surface area contributed by atoms with Crippen LogP contribution in [0.25, 0.3) is 10.9 Å². The van der Waals surface area contributed by atoms with Crippen LogP contribution in [0.5, 0.6) is 5.88 Å². The summed E-state index contributed by atoms with van der Waals surface area (Å²) in [5.41, 5.74) is 4.46. The Labute approximate surface area is 223 Å². The van der Waals surface area contributed by atoms with Crippen LogP contribution in [0.4, 0.5) is 11.4 Å². The first kappa shape index (κ1) is 24.7. The number of benzene rings is 3. The summed E-state index contributed by atoms with van der Waals surface area (Å²) in [7, 11) is -3.67. The molecule has 0 bridgehead atoms. The first-order valence-corrected chi connectivity index (χ1v) is 14.8. The van der Waals surface area contributed by atoms with Crippen molar-refractivity contribution in [3.8, 4) is 5.88 Å². The minimum atomic E-state index is -3.67. The van der Waals surface area contributed by atoms with E-state index in [2.05, 4.69) is 26.7 Å². The fourth-order valence-electron chi connectivity index (χ4n) is 5.08. The number of aromatic nitrogens is 1. The molecule has 1 aromatic heterocycles. The molecule has 4 aromatic rings. The highest BCUT2D eigenvalue weighted by atomic mass is 32.2. The molecule has 6 rings (SSSR count). The lowest BCUT2D eigenvalue weighted by molar-refractivity contribution is 0.457. The van der Waals surface area contributed by atoms with E-state index in [0.717, 1.165) is 37.2 Å². The molecule has 0 atom stereocenters. The average Bonchev–Trinajstić information content (AvgIpc) is 3.73. The Morgan fingerprint density at radius 3 is 2.42 bits per heavy atom. The second-order valence-corrected chi connectivity index (χ2v) is 12.0. The van der Waals surface area contributed by atoms with Crippen LogP contribution in [0, 0.1) is 5.92 Å². The maximum atomic E-state index is 13.0. The van der Waals surface area contributed by atoms with Crippen molar-refractivity contribution in [1.29, 1.82) is 0 Å². The van der Waals surface area contributed by atoms with Crippen molar-refractivity contribution in [2.45, 2.75) is 37.0 Å². The molecule has 2 heterocycles. The maximum absolute atomic E-state index is 13.0. The zero-order valence-electron chi connectivity index (χ0n) is 21.2. The van der Waals surface area contributed by atoms with Gasteiger partial charge in [0.15, 0.2) is 5.88 Å². The number of hydrogen-bond donors (Lipinski definition) is 3. The Balaban J connectivity index is 1.42. The number of aromatic amines is 1. The van der Waals surface area contributed by atoms with Crippen molar-refractivity contribution in [2.24, 2.45) is 10.9 Å². The second kappa shape index (κ2) is 10.3. The zero-order valence-corrected chi connectivity index (χ0v) is 22.0. The predicted molar refractivity (Wildman–Crippen MR) is 152 cm³/mol. The second-order valence-electron chi connectivity index (χ2n) is 10.2. The lowest BCUT2D eigenvalue weighted by Gasteiger charge is -2.28. The zero-order chi connectivity index (χ0) is 26.1. The number of aromatic hydroxyl groups is 1. The average molecular weight is 529 g/mol. The molecule has 0 radical (unpaired) electrons. The molecule has 0 unspecified atom stereocenters. The Hall–Kier alpha value is -3.62. The smallest absolute Gasteiger partial charge is 0.240 e. The van der Waals surface area contributed by atoms with Crippen LogP contribution in [0.2, 0.25) is 0 Å². The number of piperidine rings is 1. The third-order valence-electron chi connectivity index (χ3n) is 7.42. The maximum Gasteiger partial charge on any atom is 0.240 e. The van der Waals surface area contributed by atoms with Crippen LogP contribution in [0.3, 0.4) is 0 Å². The topological polar surface area (TPSA) is 97.8 Å². The molecular weight excluding hydrogens is 496 g/mol. The fraction of sp³-hybridized carbons (Fsp3) is 0.300. The Kier molecular flexibility index (Phi) is 6.68. The first-order valence-electron chi connectivity index (χ1n) is 13.3. The molecule has 196 valence electrons. The standard InChI is InChI=1S/C30H32N4O3S/c35-30-28(26-19-25(15-16-27(26)33-30)38(36,37)31-20-21-9-10-21)29(22-7-3-1-4-8-22)32-23-11-13-24(14-12-23)34-17-5-2-6-18-34/h1,3-4,7-8,11-16,19,21,31,33,35H,2,5-6,9-10,17-18,20H2. The number of nitrogens with one attached hydrogen (secondary N) is 2. The van der Waals surface area contributed by atoms with Gasteiger partial charge in [0.1, 0.15) is 0 Å². The highest BCUT2D eigenvalue weighted by molar-refractivity contribution is 7.89. The highest BCUT2D eigenvalue weighted by Crippen LogP contribution is 2.34. The Bertz CT molecular complexity index is 1570. The summed E-state index contributed by atoms with van der Waals surface area (Å²) in [4.78, 5) is 10.6. The molecule has 2 aliphatic rings. The number of sulfonamides is 1. The highest BCUT2D eigenvalue weighted by Gasteiger charge is 2.26. The number of anilines is 1. The molecule has 8 heteroatoms. The van der Waals surface area contributed by atoms with E-state index in [-0.39, 0.29) is 10.8 Å². The van der Waals surface area contributed by atoms with Crippen molar-refractivity contribution in [3.63, 3.8) is 0 Å². The SMILES string of the molecule is O=S(=O)(NCC1CC1)c1ccc2[nH]c(O)c(C(=Nc3ccc(N4CCCCC4)cc3)c3ccccc3)c2c1. The predicted octanol–water partition coefficient (Wildman–Crippen LogP) is 5.72. The van der Waals surface area contributed by atoms with Gasteiger partial charge >= 0.3 is 0 Å². The van der Waals surface area contributed by atoms with Gasteiger partial charge in [-0.05, 0) is 80.5 Å². The van der Waals surface area contributed by atoms with Gasteiger partial charge in [0.05, 0.1) is 21.9 Å². The fourth-order valence-corrected chi connectivity index (χ4v) is 6.22. The van der Waals surface area contributed by atoms with Gasteiger partial charge in [-0.1, -0.05) is 30.3 Å². The summed E-state index contributed by atoms with van der Waals surface area (Å²) in [6.07, 6.45) is 5.84. The van der Waals surface area contributed by atoms with Gasteiger partial charge in [-0.3, -0.25) is 0 Å². The van der Waals surface area contributed by atoms with E-state index in [1.165, 1.54) is 24.9 Å². The lowest BCUT2D eigenvalue weighted by atomic mass is 10.0.